The van der Waals surface area contributed by atoms with Gasteiger partial charge in [-0.05, 0) is 33.7 Å². The summed E-state index contributed by atoms with van der Waals surface area (Å²) in [4.78, 5) is 20.4. The summed E-state index contributed by atoms with van der Waals surface area (Å²) >= 11 is 0. The monoisotopic (exact) mass is 692 g/mol. The van der Waals surface area contributed by atoms with Gasteiger partial charge in [-0.25, -0.2) is 0 Å². The zero-order chi connectivity index (χ0) is 35.8. The number of aliphatic hydroxyl groups excluding tert-OH is 5. The Labute approximate surface area is 287 Å². The van der Waals surface area contributed by atoms with Crippen LogP contribution >= 0.6 is 0 Å². The van der Waals surface area contributed by atoms with E-state index < -0.39 is 68.4 Å². The van der Waals surface area contributed by atoms with Gasteiger partial charge in [0.05, 0.1) is 26.3 Å². The molecular formula is C36H40N2O12. The van der Waals surface area contributed by atoms with Crippen LogP contribution in [0.5, 0.6) is 11.5 Å². The Bertz CT molecular complexity index is 1820. The van der Waals surface area contributed by atoms with Gasteiger partial charge in [-0.1, -0.05) is 60.7 Å². The maximum absolute atomic E-state index is 11.7. The molecule has 5 rings (SSSR count). The highest BCUT2D eigenvalue weighted by atomic mass is 16.7. The quantitative estimate of drug-likeness (QED) is 0.0567. The van der Waals surface area contributed by atoms with Crippen LogP contribution in [-0.4, -0.2) is 130 Å². The summed E-state index contributed by atoms with van der Waals surface area (Å²) in [6.07, 6.45) is -9.16. The van der Waals surface area contributed by atoms with Crippen LogP contribution in [0.25, 0.3) is 21.5 Å². The van der Waals surface area contributed by atoms with Crippen molar-refractivity contribution in [2.24, 2.45) is 9.98 Å². The van der Waals surface area contributed by atoms with Crippen molar-refractivity contribution < 1.29 is 59.5 Å². The zero-order valence-electron chi connectivity index (χ0n) is 27.1. The first-order chi connectivity index (χ1) is 24.1. The molecule has 0 bridgehead atoms. The van der Waals surface area contributed by atoms with E-state index in [-0.39, 0.29) is 24.6 Å². The molecule has 4 aromatic carbocycles. The third-order valence-corrected chi connectivity index (χ3v) is 8.24. The number of carbonyl (C=O) groups is 1. The summed E-state index contributed by atoms with van der Waals surface area (Å²) < 4.78 is 22.4. The first-order valence-corrected chi connectivity index (χ1v) is 15.9. The normalized spacial score (nSPS) is 23.0. The van der Waals surface area contributed by atoms with Crippen molar-refractivity contribution in [3.05, 3.63) is 83.9 Å². The van der Waals surface area contributed by atoms with Gasteiger partial charge in [-0.15, -0.1) is 0 Å². The molecule has 0 radical (unpaired) electrons. The van der Waals surface area contributed by atoms with E-state index in [1.165, 1.54) is 24.6 Å². The Hall–Kier alpha value is -4.51. The van der Waals surface area contributed by atoms with Gasteiger partial charge < -0.3 is 54.7 Å². The molecule has 0 aliphatic carbocycles. The first kappa shape index (κ1) is 36.8. The lowest BCUT2D eigenvalue weighted by atomic mass is 9.99. The molecule has 0 unspecified atom stereocenters. The van der Waals surface area contributed by atoms with E-state index in [1.54, 1.807) is 24.3 Å². The molecule has 8 atom stereocenters. The van der Waals surface area contributed by atoms with Gasteiger partial charge in [0.15, 0.2) is 18.7 Å². The van der Waals surface area contributed by atoms with Crippen molar-refractivity contribution in [2.75, 3.05) is 26.3 Å². The highest BCUT2D eigenvalue weighted by Crippen LogP contribution is 2.29. The molecule has 0 saturated carbocycles. The molecule has 1 aliphatic rings. The lowest BCUT2D eigenvalue weighted by molar-refractivity contribution is -0.322. The summed E-state index contributed by atoms with van der Waals surface area (Å²) in [7, 11) is 0. The third-order valence-electron chi connectivity index (χ3n) is 8.24. The summed E-state index contributed by atoms with van der Waals surface area (Å²) in [5, 5.41) is 76.7. The van der Waals surface area contributed by atoms with Crippen molar-refractivity contribution >= 4 is 39.9 Å². The molecule has 1 aliphatic heterocycles. The van der Waals surface area contributed by atoms with E-state index in [0.717, 1.165) is 23.1 Å². The number of rotatable bonds is 14. The number of aromatic hydroxyl groups is 2. The topological polar surface area (TPSA) is 220 Å². The minimum atomic E-state index is -1.74. The van der Waals surface area contributed by atoms with Gasteiger partial charge >= 0.3 is 5.97 Å². The number of ether oxygens (including phenoxy) is 4. The predicted molar refractivity (Wildman–Crippen MR) is 182 cm³/mol. The molecule has 0 amide bonds. The van der Waals surface area contributed by atoms with Gasteiger partial charge in [-0.2, -0.15) is 0 Å². The van der Waals surface area contributed by atoms with Crippen molar-refractivity contribution in [1.82, 2.24) is 0 Å². The number of aliphatic imine (C=N–C) groups is 2. The van der Waals surface area contributed by atoms with Crippen LogP contribution in [0.3, 0.4) is 0 Å². The number of hydrogen-bond acceptors (Lipinski definition) is 14. The van der Waals surface area contributed by atoms with E-state index in [1.807, 2.05) is 36.4 Å². The minimum Gasteiger partial charge on any atom is -0.507 e. The van der Waals surface area contributed by atoms with E-state index in [2.05, 4.69) is 9.98 Å². The van der Waals surface area contributed by atoms with Crippen molar-refractivity contribution in [3.63, 3.8) is 0 Å². The third kappa shape index (κ3) is 8.61. The fourth-order valence-electron chi connectivity index (χ4n) is 5.73. The van der Waals surface area contributed by atoms with Crippen LogP contribution in [0.2, 0.25) is 0 Å². The molecule has 4 aromatic rings. The number of esters is 1. The molecular weight excluding hydrogens is 652 g/mol. The Morgan fingerprint density at radius 2 is 1.38 bits per heavy atom. The smallest absolute Gasteiger partial charge is 0.303 e. The van der Waals surface area contributed by atoms with Crippen molar-refractivity contribution in [1.29, 1.82) is 0 Å². The van der Waals surface area contributed by atoms with Crippen LogP contribution in [0.1, 0.15) is 18.1 Å². The standard InChI is InChI=1S/C36H40N2O12/c1-20(41)47-35-33(45)31(19-40)50-36(34(35)46)49-29(16-37-14-25-23-8-4-2-6-21(23)10-12-27(25)42)30(18-39)48-32(44)17-38-15-26-24-9-5-3-7-22(24)11-13-28(26)43/h2-15,29-36,39-40,42-46H,16-19H2,1H3/t29-,30+,31-,32-,33+,34+,35-,36-/m0/s1. The molecule has 50 heavy (non-hydrogen) atoms. The molecule has 0 spiro atoms. The maximum atomic E-state index is 11.7. The second-order valence-corrected chi connectivity index (χ2v) is 11.7. The highest BCUT2D eigenvalue weighted by molar-refractivity contribution is 6.03. The molecule has 7 N–H and O–H groups in total. The van der Waals surface area contributed by atoms with E-state index in [0.29, 0.717) is 16.5 Å². The van der Waals surface area contributed by atoms with E-state index >= 15 is 0 Å². The summed E-state index contributed by atoms with van der Waals surface area (Å²) in [6, 6.07) is 21.3. The first-order valence-electron chi connectivity index (χ1n) is 15.9. The molecule has 1 saturated heterocycles. The second kappa shape index (κ2) is 16.9. The number of phenolic OH excluding ortho intramolecular Hbond substituents is 2. The maximum Gasteiger partial charge on any atom is 0.303 e. The highest BCUT2D eigenvalue weighted by Gasteiger charge is 2.48. The van der Waals surface area contributed by atoms with E-state index in [4.69, 9.17) is 18.9 Å². The molecule has 266 valence electrons. The average Bonchev–Trinajstić information content (AvgIpc) is 3.11. The van der Waals surface area contributed by atoms with Gasteiger partial charge in [-0.3, -0.25) is 14.8 Å². The number of phenols is 2. The van der Waals surface area contributed by atoms with Crippen molar-refractivity contribution in [2.45, 2.75) is 56.1 Å². The fourth-order valence-corrected chi connectivity index (χ4v) is 5.73. The van der Waals surface area contributed by atoms with Gasteiger partial charge in [0.25, 0.3) is 0 Å². The number of hydrogen-bond donors (Lipinski definition) is 7. The minimum absolute atomic E-state index is 0.0101. The van der Waals surface area contributed by atoms with Gasteiger partial charge in [0, 0.05) is 30.5 Å². The lowest BCUT2D eigenvalue weighted by Gasteiger charge is -2.42. The number of benzene rings is 4. The second-order valence-electron chi connectivity index (χ2n) is 11.7. The van der Waals surface area contributed by atoms with Crippen molar-refractivity contribution in [3.8, 4) is 11.5 Å². The molecule has 0 aromatic heterocycles. The van der Waals surface area contributed by atoms with Crippen LogP contribution in [-0.2, 0) is 23.7 Å². The van der Waals surface area contributed by atoms with E-state index in [9.17, 15) is 40.5 Å². The number of aliphatic hydroxyl groups is 5. The zero-order valence-corrected chi connectivity index (χ0v) is 27.1. The van der Waals surface area contributed by atoms with Gasteiger partial charge in [0.2, 0.25) is 0 Å². The molecule has 1 heterocycles. The summed E-state index contributed by atoms with van der Waals surface area (Å²) in [6.45, 7) is -0.926. The van der Waals surface area contributed by atoms with Crippen LogP contribution in [0.15, 0.2) is 82.8 Å². The predicted octanol–water partition coefficient (Wildman–Crippen LogP) is 1.39. The Morgan fingerprint density at radius 1 is 0.820 bits per heavy atom. The SMILES string of the molecule is CC(=O)O[C@@H]1[C@@H](O)[C@@H](O[C@@H](CN=Cc2c(O)ccc3ccccc23)[C@@H](CO)O[C@H](O)CN=Cc2c(O)ccc3ccccc23)O[C@@H](CO)[C@H]1O. The Morgan fingerprint density at radius 3 is 1.92 bits per heavy atom. The lowest BCUT2D eigenvalue weighted by Crippen LogP contribution is -2.61. The Balaban J connectivity index is 1.37. The molecule has 14 heteroatoms. The largest absolute Gasteiger partial charge is 0.507 e. The summed E-state index contributed by atoms with van der Waals surface area (Å²) in [5.74, 6) is -0.858. The van der Waals surface area contributed by atoms with Crippen LogP contribution in [0.4, 0.5) is 0 Å². The Kier molecular flexibility index (Phi) is 12.5. The molecule has 14 nitrogen and oxygen atoms in total. The summed E-state index contributed by atoms with van der Waals surface area (Å²) in [5.41, 5.74) is 0.842. The average molecular weight is 693 g/mol. The van der Waals surface area contributed by atoms with Gasteiger partial charge in [0.1, 0.15) is 42.0 Å². The number of fused-ring (bicyclic) bond motifs is 2. The number of nitrogens with zero attached hydrogens (tertiary/aromatic N) is 2. The van der Waals surface area contributed by atoms with Crippen LogP contribution < -0.4 is 0 Å². The van der Waals surface area contributed by atoms with Crippen LogP contribution in [0, 0.1) is 0 Å². The number of carbonyl (C=O) groups excluding carboxylic acids is 1. The fraction of sp³-hybridized carbons (Fsp3) is 0.361. The molecule has 1 fully saturated rings.